The summed E-state index contributed by atoms with van der Waals surface area (Å²) in [5.41, 5.74) is 0. The first kappa shape index (κ1) is 14.1. The predicted molar refractivity (Wildman–Crippen MR) is 71.6 cm³/mol. The van der Waals surface area contributed by atoms with Crippen LogP contribution in [0.1, 0.15) is 25.0 Å². The number of hydrogen-bond donors (Lipinski definition) is 2. The Morgan fingerprint density at radius 2 is 2.53 bits per heavy atom. The lowest BCUT2D eigenvalue weighted by molar-refractivity contribution is -0.125. The van der Waals surface area contributed by atoms with Crippen LogP contribution in [-0.2, 0) is 16.1 Å². The van der Waals surface area contributed by atoms with Gasteiger partial charge in [-0.2, -0.15) is 0 Å². The monoisotopic (exact) mass is 266 g/mol. The molecule has 1 aromatic heterocycles. The fourth-order valence-electron chi connectivity index (χ4n) is 2.17. The van der Waals surface area contributed by atoms with Crippen molar-refractivity contribution in [3.05, 3.63) is 24.2 Å². The minimum absolute atomic E-state index is 0.137. The number of ether oxygens (including phenoxy) is 1. The van der Waals surface area contributed by atoms with E-state index in [4.69, 9.17) is 9.15 Å². The standard InChI is InChI=1S/C14H22N2O3/c17-14(12-4-1-6-15-10-12)16-7-3-8-18-11-13-5-2-9-19-13/h2,5,9,12,15H,1,3-4,6-8,10-11H2,(H,16,17)/t12-/m0/s1. The lowest BCUT2D eigenvalue weighted by atomic mass is 9.99. The van der Waals surface area contributed by atoms with Crippen LogP contribution in [0.2, 0.25) is 0 Å². The van der Waals surface area contributed by atoms with Crippen molar-refractivity contribution in [1.29, 1.82) is 0 Å². The molecule has 0 spiro atoms. The smallest absolute Gasteiger partial charge is 0.224 e. The molecule has 0 aromatic carbocycles. The van der Waals surface area contributed by atoms with Crippen LogP contribution in [0.5, 0.6) is 0 Å². The molecule has 1 aliphatic rings. The number of nitrogens with one attached hydrogen (secondary N) is 2. The molecular formula is C14H22N2O3. The molecule has 106 valence electrons. The average Bonchev–Trinajstić information content (AvgIpc) is 2.96. The Kier molecular flexibility index (Phi) is 5.91. The zero-order valence-electron chi connectivity index (χ0n) is 11.2. The molecule has 0 unspecified atom stereocenters. The average molecular weight is 266 g/mol. The van der Waals surface area contributed by atoms with Gasteiger partial charge in [0.15, 0.2) is 0 Å². The van der Waals surface area contributed by atoms with Crippen molar-refractivity contribution >= 4 is 5.91 Å². The Morgan fingerprint density at radius 1 is 1.58 bits per heavy atom. The third-order valence-corrected chi connectivity index (χ3v) is 3.26. The second kappa shape index (κ2) is 7.96. The molecule has 1 saturated heterocycles. The molecule has 1 amide bonds. The molecule has 5 nitrogen and oxygen atoms in total. The van der Waals surface area contributed by atoms with Crippen molar-refractivity contribution < 1.29 is 13.9 Å². The van der Waals surface area contributed by atoms with E-state index in [1.165, 1.54) is 0 Å². The summed E-state index contributed by atoms with van der Waals surface area (Å²) in [4.78, 5) is 11.8. The maximum atomic E-state index is 11.8. The highest BCUT2D eigenvalue weighted by molar-refractivity contribution is 5.78. The topological polar surface area (TPSA) is 63.5 Å². The van der Waals surface area contributed by atoms with Crippen molar-refractivity contribution in [3.63, 3.8) is 0 Å². The Hall–Kier alpha value is -1.33. The zero-order valence-corrected chi connectivity index (χ0v) is 11.2. The van der Waals surface area contributed by atoms with Gasteiger partial charge in [0, 0.05) is 19.7 Å². The lowest BCUT2D eigenvalue weighted by Gasteiger charge is -2.21. The number of carbonyl (C=O) groups is 1. The first-order valence-electron chi connectivity index (χ1n) is 6.95. The lowest BCUT2D eigenvalue weighted by Crippen LogP contribution is -2.40. The Bertz CT molecular complexity index is 359. The van der Waals surface area contributed by atoms with Gasteiger partial charge in [0.05, 0.1) is 12.2 Å². The SMILES string of the molecule is O=C(NCCCOCc1ccco1)[C@H]1CCCNC1. The van der Waals surface area contributed by atoms with E-state index >= 15 is 0 Å². The van der Waals surface area contributed by atoms with Crippen LogP contribution >= 0.6 is 0 Å². The predicted octanol–water partition coefficient (Wildman–Crippen LogP) is 1.30. The first-order chi connectivity index (χ1) is 9.36. The number of carbonyl (C=O) groups excluding carboxylic acids is 1. The Labute approximate surface area is 113 Å². The molecule has 0 aliphatic carbocycles. The van der Waals surface area contributed by atoms with Crippen molar-refractivity contribution in [2.24, 2.45) is 5.92 Å². The highest BCUT2D eigenvalue weighted by atomic mass is 16.5. The molecule has 1 fully saturated rings. The molecule has 5 heteroatoms. The summed E-state index contributed by atoms with van der Waals surface area (Å²) in [6.45, 7) is 3.64. The van der Waals surface area contributed by atoms with E-state index in [0.717, 1.165) is 38.1 Å². The van der Waals surface area contributed by atoms with E-state index in [1.807, 2.05) is 12.1 Å². The van der Waals surface area contributed by atoms with Gasteiger partial charge in [-0.25, -0.2) is 0 Å². The van der Waals surface area contributed by atoms with E-state index in [-0.39, 0.29) is 11.8 Å². The van der Waals surface area contributed by atoms with E-state index in [1.54, 1.807) is 6.26 Å². The van der Waals surface area contributed by atoms with Gasteiger partial charge in [-0.15, -0.1) is 0 Å². The molecule has 1 aliphatic heterocycles. The molecule has 2 heterocycles. The molecule has 1 atom stereocenters. The molecule has 0 saturated carbocycles. The Morgan fingerprint density at radius 3 is 3.26 bits per heavy atom. The van der Waals surface area contributed by atoms with E-state index in [0.29, 0.717) is 19.8 Å². The second-order valence-corrected chi connectivity index (χ2v) is 4.82. The highest BCUT2D eigenvalue weighted by Gasteiger charge is 2.19. The van der Waals surface area contributed by atoms with Gasteiger partial charge in [0.25, 0.3) is 0 Å². The van der Waals surface area contributed by atoms with Crippen LogP contribution in [0.3, 0.4) is 0 Å². The van der Waals surface area contributed by atoms with Gasteiger partial charge in [-0.3, -0.25) is 4.79 Å². The third kappa shape index (κ3) is 5.04. The third-order valence-electron chi connectivity index (χ3n) is 3.26. The fourth-order valence-corrected chi connectivity index (χ4v) is 2.17. The number of amides is 1. The van der Waals surface area contributed by atoms with Gasteiger partial charge >= 0.3 is 0 Å². The fraction of sp³-hybridized carbons (Fsp3) is 0.643. The van der Waals surface area contributed by atoms with Gasteiger partial charge in [-0.05, 0) is 37.9 Å². The minimum Gasteiger partial charge on any atom is -0.467 e. The number of furan rings is 1. The molecule has 2 rings (SSSR count). The van der Waals surface area contributed by atoms with Crippen molar-refractivity contribution in [1.82, 2.24) is 10.6 Å². The van der Waals surface area contributed by atoms with Crippen LogP contribution < -0.4 is 10.6 Å². The van der Waals surface area contributed by atoms with Gasteiger partial charge < -0.3 is 19.8 Å². The molecule has 19 heavy (non-hydrogen) atoms. The van der Waals surface area contributed by atoms with Gasteiger partial charge in [0.1, 0.15) is 12.4 Å². The van der Waals surface area contributed by atoms with Crippen molar-refractivity contribution in [2.45, 2.75) is 25.9 Å². The van der Waals surface area contributed by atoms with Crippen LogP contribution in [0.25, 0.3) is 0 Å². The van der Waals surface area contributed by atoms with Crippen molar-refractivity contribution in [3.8, 4) is 0 Å². The van der Waals surface area contributed by atoms with Crippen LogP contribution in [0.15, 0.2) is 22.8 Å². The first-order valence-corrected chi connectivity index (χ1v) is 6.95. The largest absolute Gasteiger partial charge is 0.467 e. The number of rotatable bonds is 7. The van der Waals surface area contributed by atoms with Gasteiger partial charge in [-0.1, -0.05) is 0 Å². The van der Waals surface area contributed by atoms with Gasteiger partial charge in [0.2, 0.25) is 5.91 Å². The zero-order chi connectivity index (χ0) is 13.3. The normalized spacial score (nSPS) is 19.3. The van der Waals surface area contributed by atoms with Crippen molar-refractivity contribution in [2.75, 3.05) is 26.2 Å². The highest BCUT2D eigenvalue weighted by Crippen LogP contribution is 2.09. The summed E-state index contributed by atoms with van der Waals surface area (Å²) < 4.78 is 10.6. The molecule has 1 aromatic rings. The molecule has 0 radical (unpaired) electrons. The van der Waals surface area contributed by atoms with E-state index in [9.17, 15) is 4.79 Å². The van der Waals surface area contributed by atoms with Crippen LogP contribution in [-0.4, -0.2) is 32.1 Å². The summed E-state index contributed by atoms with van der Waals surface area (Å²) in [6, 6.07) is 3.73. The summed E-state index contributed by atoms with van der Waals surface area (Å²) in [5.74, 6) is 1.13. The summed E-state index contributed by atoms with van der Waals surface area (Å²) in [5, 5.41) is 6.21. The summed E-state index contributed by atoms with van der Waals surface area (Å²) in [7, 11) is 0. The minimum atomic E-state index is 0.137. The Balaban J connectivity index is 1.48. The second-order valence-electron chi connectivity index (χ2n) is 4.82. The van der Waals surface area contributed by atoms with Crippen LogP contribution in [0.4, 0.5) is 0 Å². The summed E-state index contributed by atoms with van der Waals surface area (Å²) in [6.07, 6.45) is 4.54. The number of piperidine rings is 1. The maximum Gasteiger partial charge on any atom is 0.224 e. The molecular weight excluding hydrogens is 244 g/mol. The maximum absolute atomic E-state index is 11.8. The summed E-state index contributed by atoms with van der Waals surface area (Å²) >= 11 is 0. The molecule has 2 N–H and O–H groups in total. The van der Waals surface area contributed by atoms with Crippen LogP contribution in [0, 0.1) is 5.92 Å². The van der Waals surface area contributed by atoms with E-state index < -0.39 is 0 Å². The number of hydrogen-bond acceptors (Lipinski definition) is 4. The van der Waals surface area contributed by atoms with E-state index in [2.05, 4.69) is 10.6 Å². The molecule has 0 bridgehead atoms. The quantitative estimate of drug-likeness (QED) is 0.730.